The van der Waals surface area contributed by atoms with Gasteiger partial charge in [-0.15, -0.1) is 0 Å². The summed E-state index contributed by atoms with van der Waals surface area (Å²) in [4.78, 5) is 12.8. The molecule has 0 atom stereocenters. The van der Waals surface area contributed by atoms with Crippen LogP contribution >= 0.6 is 0 Å². The number of aromatic nitrogens is 2. The minimum absolute atomic E-state index is 0.315. The molecule has 35 heavy (non-hydrogen) atoms. The van der Waals surface area contributed by atoms with E-state index in [4.69, 9.17) is 19.3 Å². The summed E-state index contributed by atoms with van der Waals surface area (Å²) in [6.07, 6.45) is 3.46. The summed E-state index contributed by atoms with van der Waals surface area (Å²) in [5.74, 6) is 0.748. The van der Waals surface area contributed by atoms with Gasteiger partial charge >= 0.3 is 0 Å². The van der Waals surface area contributed by atoms with Crippen LogP contribution in [0.2, 0.25) is 0 Å². The maximum Gasteiger partial charge on any atom is 0.271 e. The molecular formula is C27H26N4O4. The zero-order valence-corrected chi connectivity index (χ0v) is 20.0. The number of ether oxygens (including phenoxy) is 3. The highest BCUT2D eigenvalue weighted by molar-refractivity contribution is 5.97. The van der Waals surface area contributed by atoms with E-state index in [1.165, 1.54) is 21.3 Å². The van der Waals surface area contributed by atoms with Crippen molar-refractivity contribution in [2.24, 2.45) is 5.10 Å². The smallest absolute Gasteiger partial charge is 0.271 e. The van der Waals surface area contributed by atoms with Gasteiger partial charge in [0.05, 0.1) is 33.2 Å². The molecule has 178 valence electrons. The Bertz CT molecular complexity index is 1340. The number of benzene rings is 3. The summed E-state index contributed by atoms with van der Waals surface area (Å²) in [7, 11) is 4.49. The summed E-state index contributed by atoms with van der Waals surface area (Å²) < 4.78 is 17.8. The molecule has 0 saturated heterocycles. The molecular weight excluding hydrogens is 444 g/mol. The molecule has 1 aromatic heterocycles. The summed E-state index contributed by atoms with van der Waals surface area (Å²) in [5.41, 5.74) is 7.39. The van der Waals surface area contributed by atoms with Gasteiger partial charge in [0, 0.05) is 22.9 Å². The summed E-state index contributed by atoms with van der Waals surface area (Å²) >= 11 is 0. The standard InChI is InChI=1S/C27H26N4O4/c1-18-9-8-10-19(13-18)25-21(17-31(30-25)22-11-6-5-7-12-22)16-28-29-27(32)20-14-23(33-2)26(35-4)24(15-20)34-3/h5-17H,1-4H3,(H,29,32). The van der Waals surface area contributed by atoms with E-state index in [-0.39, 0.29) is 0 Å². The first-order valence-electron chi connectivity index (χ1n) is 10.9. The third-order valence-corrected chi connectivity index (χ3v) is 5.35. The Kier molecular flexibility index (Phi) is 7.11. The number of carbonyl (C=O) groups is 1. The molecule has 8 nitrogen and oxygen atoms in total. The maximum atomic E-state index is 12.8. The van der Waals surface area contributed by atoms with E-state index in [0.717, 1.165) is 28.1 Å². The summed E-state index contributed by atoms with van der Waals surface area (Å²) in [5, 5.41) is 8.97. The fourth-order valence-corrected chi connectivity index (χ4v) is 3.65. The highest BCUT2D eigenvalue weighted by Crippen LogP contribution is 2.38. The Balaban J connectivity index is 1.63. The Morgan fingerprint density at radius 2 is 1.66 bits per heavy atom. The molecule has 0 unspecified atom stereocenters. The van der Waals surface area contributed by atoms with Crippen LogP contribution < -0.4 is 19.6 Å². The number of nitrogens with zero attached hydrogens (tertiary/aromatic N) is 3. The first-order valence-corrected chi connectivity index (χ1v) is 10.9. The monoisotopic (exact) mass is 470 g/mol. The zero-order chi connectivity index (χ0) is 24.8. The van der Waals surface area contributed by atoms with Crippen molar-refractivity contribution in [2.75, 3.05) is 21.3 Å². The first-order chi connectivity index (χ1) is 17.0. The van der Waals surface area contributed by atoms with Crippen molar-refractivity contribution in [1.82, 2.24) is 15.2 Å². The molecule has 0 aliphatic rings. The van der Waals surface area contributed by atoms with Crippen molar-refractivity contribution < 1.29 is 19.0 Å². The molecule has 0 aliphatic heterocycles. The summed E-state index contributed by atoms with van der Waals surface area (Å²) in [6, 6.07) is 21.0. The van der Waals surface area contributed by atoms with Crippen LogP contribution in [0.15, 0.2) is 78.0 Å². The lowest BCUT2D eigenvalue weighted by molar-refractivity contribution is 0.0954. The van der Waals surface area contributed by atoms with Crippen LogP contribution in [-0.2, 0) is 0 Å². The minimum Gasteiger partial charge on any atom is -0.493 e. The number of hydrazone groups is 1. The molecule has 1 amide bonds. The molecule has 8 heteroatoms. The number of nitrogens with one attached hydrogen (secondary N) is 1. The Morgan fingerprint density at radius 3 is 2.29 bits per heavy atom. The highest BCUT2D eigenvalue weighted by atomic mass is 16.5. The van der Waals surface area contributed by atoms with Crippen LogP contribution in [-0.4, -0.2) is 43.2 Å². The van der Waals surface area contributed by atoms with Gasteiger partial charge in [-0.3, -0.25) is 4.79 Å². The SMILES string of the molecule is COc1cc(C(=O)NN=Cc2cn(-c3ccccc3)nc2-c2cccc(C)c2)cc(OC)c1OC. The Hall–Kier alpha value is -4.59. The van der Waals surface area contributed by atoms with Crippen LogP contribution in [0.25, 0.3) is 16.9 Å². The van der Waals surface area contributed by atoms with Crippen molar-refractivity contribution >= 4 is 12.1 Å². The van der Waals surface area contributed by atoms with Gasteiger partial charge in [0.25, 0.3) is 5.91 Å². The van der Waals surface area contributed by atoms with Gasteiger partial charge in [-0.05, 0) is 37.3 Å². The molecule has 1 N–H and O–H groups in total. The molecule has 1 heterocycles. The van der Waals surface area contributed by atoms with E-state index in [1.54, 1.807) is 23.0 Å². The second-order valence-corrected chi connectivity index (χ2v) is 7.70. The number of hydrogen-bond acceptors (Lipinski definition) is 6. The quantitative estimate of drug-likeness (QED) is 0.300. The molecule has 4 aromatic rings. The van der Waals surface area contributed by atoms with E-state index in [2.05, 4.69) is 16.6 Å². The number of aryl methyl sites for hydroxylation is 1. The maximum absolute atomic E-state index is 12.8. The number of rotatable bonds is 8. The van der Waals surface area contributed by atoms with Crippen LogP contribution in [0.3, 0.4) is 0 Å². The van der Waals surface area contributed by atoms with Crippen LogP contribution in [0, 0.1) is 6.92 Å². The van der Waals surface area contributed by atoms with Gasteiger partial charge in [-0.1, -0.05) is 42.0 Å². The molecule has 0 radical (unpaired) electrons. The van der Waals surface area contributed by atoms with Crippen molar-refractivity contribution in [1.29, 1.82) is 0 Å². The van der Waals surface area contributed by atoms with Gasteiger partial charge in [-0.2, -0.15) is 10.2 Å². The van der Waals surface area contributed by atoms with Crippen LogP contribution in [0.5, 0.6) is 17.2 Å². The van der Waals surface area contributed by atoms with Crippen LogP contribution in [0.4, 0.5) is 0 Å². The van der Waals surface area contributed by atoms with Crippen molar-refractivity contribution in [3.05, 3.63) is 89.6 Å². The second-order valence-electron chi connectivity index (χ2n) is 7.70. The number of para-hydroxylation sites is 1. The topological polar surface area (TPSA) is 87.0 Å². The lowest BCUT2D eigenvalue weighted by atomic mass is 10.1. The number of amides is 1. The lowest BCUT2D eigenvalue weighted by Crippen LogP contribution is -2.18. The highest BCUT2D eigenvalue weighted by Gasteiger charge is 2.17. The average molecular weight is 471 g/mol. The molecule has 0 bridgehead atoms. The van der Waals surface area contributed by atoms with Gasteiger partial charge in [0.1, 0.15) is 5.69 Å². The largest absolute Gasteiger partial charge is 0.493 e. The minimum atomic E-state index is -0.423. The third-order valence-electron chi connectivity index (χ3n) is 5.35. The average Bonchev–Trinajstić information content (AvgIpc) is 3.32. The van der Waals surface area contributed by atoms with E-state index in [0.29, 0.717) is 22.8 Å². The number of hydrogen-bond donors (Lipinski definition) is 1. The third kappa shape index (κ3) is 5.16. The van der Waals surface area contributed by atoms with Gasteiger partial charge in [0.15, 0.2) is 11.5 Å². The second kappa shape index (κ2) is 10.6. The molecule has 0 fully saturated rings. The van der Waals surface area contributed by atoms with Crippen molar-refractivity contribution in [3.63, 3.8) is 0 Å². The van der Waals surface area contributed by atoms with E-state index >= 15 is 0 Å². The fraction of sp³-hybridized carbons (Fsp3) is 0.148. The van der Waals surface area contributed by atoms with E-state index < -0.39 is 5.91 Å². The van der Waals surface area contributed by atoms with Gasteiger partial charge < -0.3 is 14.2 Å². The van der Waals surface area contributed by atoms with E-state index in [9.17, 15) is 4.79 Å². The zero-order valence-electron chi connectivity index (χ0n) is 20.0. The van der Waals surface area contributed by atoms with Crippen molar-refractivity contribution in [2.45, 2.75) is 6.92 Å². The fourth-order valence-electron chi connectivity index (χ4n) is 3.65. The predicted octanol–water partition coefficient (Wildman–Crippen LogP) is 4.64. The normalized spacial score (nSPS) is 10.9. The van der Waals surface area contributed by atoms with Crippen molar-refractivity contribution in [3.8, 4) is 34.2 Å². The first kappa shape index (κ1) is 23.6. The lowest BCUT2D eigenvalue weighted by Gasteiger charge is -2.13. The molecule has 0 saturated carbocycles. The predicted molar refractivity (Wildman–Crippen MR) is 135 cm³/mol. The molecule has 4 rings (SSSR count). The Morgan fingerprint density at radius 1 is 0.943 bits per heavy atom. The Labute approximate surface area is 203 Å². The van der Waals surface area contributed by atoms with Crippen LogP contribution in [0.1, 0.15) is 21.5 Å². The van der Waals surface area contributed by atoms with Gasteiger partial charge in [0.2, 0.25) is 5.75 Å². The summed E-state index contributed by atoms with van der Waals surface area (Å²) in [6.45, 7) is 2.03. The number of methoxy groups -OCH3 is 3. The molecule has 3 aromatic carbocycles. The molecule has 0 aliphatic carbocycles. The van der Waals surface area contributed by atoms with Gasteiger partial charge in [-0.25, -0.2) is 10.1 Å². The molecule has 0 spiro atoms. The van der Waals surface area contributed by atoms with E-state index in [1.807, 2.05) is 61.7 Å². The number of carbonyl (C=O) groups excluding carboxylic acids is 1.